The van der Waals surface area contributed by atoms with Crippen molar-refractivity contribution in [3.8, 4) is 23.3 Å². The minimum atomic E-state index is -0.500. The average molecular weight is 305 g/mol. The van der Waals surface area contributed by atoms with E-state index >= 15 is 0 Å². The third-order valence-electron chi connectivity index (χ3n) is 4.04. The van der Waals surface area contributed by atoms with Crippen LogP contribution < -0.4 is 0 Å². The number of nitrogens with zero attached hydrogens (tertiary/aromatic N) is 6. The van der Waals surface area contributed by atoms with Gasteiger partial charge in [-0.3, -0.25) is 4.68 Å². The monoisotopic (exact) mass is 305 g/mol. The van der Waals surface area contributed by atoms with Crippen molar-refractivity contribution in [3.05, 3.63) is 30.9 Å². The van der Waals surface area contributed by atoms with Gasteiger partial charge in [0.15, 0.2) is 5.65 Å². The standard InChI is InChI=1S/C16H15N7/c1-16(5-7-18,4-2-6-17)23-11-12(9-21-23)14-10-20-22-15-13(14)3-8-19-15/h3,8-11H,2,4-5H2,1H3,(H,19,22). The molecule has 1 N–H and O–H groups in total. The predicted molar refractivity (Wildman–Crippen MR) is 83.8 cm³/mol. The molecular formula is C16H15N7. The van der Waals surface area contributed by atoms with E-state index in [4.69, 9.17) is 10.5 Å². The molecule has 0 fully saturated rings. The van der Waals surface area contributed by atoms with Crippen LogP contribution in [-0.2, 0) is 5.54 Å². The van der Waals surface area contributed by atoms with E-state index in [1.165, 1.54) is 0 Å². The van der Waals surface area contributed by atoms with Crippen LogP contribution in [0.3, 0.4) is 0 Å². The van der Waals surface area contributed by atoms with Crippen LogP contribution >= 0.6 is 0 Å². The van der Waals surface area contributed by atoms with Crippen molar-refractivity contribution in [1.29, 1.82) is 10.5 Å². The van der Waals surface area contributed by atoms with E-state index in [1.807, 2.05) is 25.4 Å². The average Bonchev–Trinajstić information content (AvgIpc) is 3.22. The SMILES string of the molecule is CC(CC#N)(CCC#N)n1cc(-c2cnnc3[nH]ccc23)cn1. The van der Waals surface area contributed by atoms with Crippen LogP contribution in [0.4, 0.5) is 0 Å². The van der Waals surface area contributed by atoms with Gasteiger partial charge in [-0.25, -0.2) is 0 Å². The van der Waals surface area contributed by atoms with E-state index in [2.05, 4.69) is 32.4 Å². The molecule has 3 aromatic heterocycles. The number of nitrogens with one attached hydrogen (secondary N) is 1. The first kappa shape index (κ1) is 14.7. The Balaban J connectivity index is 2.01. The maximum atomic E-state index is 9.10. The first-order valence-electron chi connectivity index (χ1n) is 7.26. The third kappa shape index (κ3) is 2.65. The van der Waals surface area contributed by atoms with E-state index in [-0.39, 0.29) is 0 Å². The molecule has 3 heterocycles. The highest BCUT2D eigenvalue weighted by molar-refractivity contribution is 5.91. The summed E-state index contributed by atoms with van der Waals surface area (Å²) in [7, 11) is 0. The number of hydrogen-bond acceptors (Lipinski definition) is 5. The Morgan fingerprint density at radius 2 is 2.17 bits per heavy atom. The van der Waals surface area contributed by atoms with Crippen molar-refractivity contribution in [2.45, 2.75) is 31.7 Å². The number of hydrogen-bond donors (Lipinski definition) is 1. The van der Waals surface area contributed by atoms with Gasteiger partial charge < -0.3 is 4.98 Å². The van der Waals surface area contributed by atoms with Gasteiger partial charge in [-0.15, -0.1) is 5.10 Å². The largest absolute Gasteiger partial charge is 0.345 e. The summed E-state index contributed by atoms with van der Waals surface area (Å²) in [5.74, 6) is 0. The smallest absolute Gasteiger partial charge is 0.160 e. The Hall–Kier alpha value is -3.19. The summed E-state index contributed by atoms with van der Waals surface area (Å²) in [5, 5.41) is 31.4. The zero-order valence-electron chi connectivity index (χ0n) is 12.7. The van der Waals surface area contributed by atoms with Gasteiger partial charge in [0.05, 0.1) is 36.5 Å². The topological polar surface area (TPSA) is 107 Å². The van der Waals surface area contributed by atoms with Gasteiger partial charge in [0, 0.05) is 35.3 Å². The number of H-pyrrole nitrogens is 1. The lowest BCUT2D eigenvalue weighted by molar-refractivity contribution is 0.273. The Morgan fingerprint density at radius 1 is 1.30 bits per heavy atom. The molecule has 0 bridgehead atoms. The van der Waals surface area contributed by atoms with Crippen molar-refractivity contribution in [3.63, 3.8) is 0 Å². The van der Waals surface area contributed by atoms with E-state index in [1.54, 1.807) is 17.1 Å². The lowest BCUT2D eigenvalue weighted by Gasteiger charge is -2.26. The number of aromatic amines is 1. The summed E-state index contributed by atoms with van der Waals surface area (Å²) in [6, 6.07) is 6.28. The predicted octanol–water partition coefficient (Wildman–Crippen LogP) is 2.75. The highest BCUT2D eigenvalue weighted by atomic mass is 15.3. The van der Waals surface area contributed by atoms with Crippen molar-refractivity contribution < 1.29 is 0 Å². The molecule has 7 nitrogen and oxygen atoms in total. The quantitative estimate of drug-likeness (QED) is 0.779. The Morgan fingerprint density at radius 3 is 2.96 bits per heavy atom. The van der Waals surface area contributed by atoms with Gasteiger partial charge in [-0.1, -0.05) is 0 Å². The molecule has 0 aromatic carbocycles. The highest BCUT2D eigenvalue weighted by Crippen LogP contribution is 2.30. The van der Waals surface area contributed by atoms with Crippen LogP contribution in [-0.4, -0.2) is 25.0 Å². The maximum Gasteiger partial charge on any atom is 0.160 e. The number of nitriles is 2. The molecule has 3 aromatic rings. The Bertz CT molecular complexity index is 908. The van der Waals surface area contributed by atoms with Crippen molar-refractivity contribution in [2.75, 3.05) is 0 Å². The molecule has 0 saturated carbocycles. The second kappa shape index (κ2) is 5.90. The molecule has 0 aliphatic rings. The lowest BCUT2D eigenvalue weighted by atomic mass is 9.93. The van der Waals surface area contributed by atoms with Crippen LogP contribution in [0.15, 0.2) is 30.9 Å². The molecule has 0 spiro atoms. The molecule has 1 unspecified atom stereocenters. The Kier molecular flexibility index (Phi) is 3.78. The summed E-state index contributed by atoms with van der Waals surface area (Å²) < 4.78 is 1.78. The summed E-state index contributed by atoms with van der Waals surface area (Å²) >= 11 is 0. The number of rotatable bonds is 5. The molecule has 1 atom stereocenters. The fraction of sp³-hybridized carbons (Fsp3) is 0.312. The highest BCUT2D eigenvalue weighted by Gasteiger charge is 2.27. The second-order valence-corrected chi connectivity index (χ2v) is 5.66. The summed E-state index contributed by atoms with van der Waals surface area (Å²) in [6.07, 6.45) is 8.43. The number of fused-ring (bicyclic) bond motifs is 1. The molecule has 0 aliphatic carbocycles. The lowest BCUT2D eigenvalue weighted by Crippen LogP contribution is -2.30. The fourth-order valence-electron chi connectivity index (χ4n) is 2.64. The van der Waals surface area contributed by atoms with Crippen molar-refractivity contribution in [1.82, 2.24) is 25.0 Å². The normalized spacial score (nSPS) is 13.3. The zero-order chi connectivity index (χ0) is 16.3. The van der Waals surface area contributed by atoms with Crippen LogP contribution in [0, 0.1) is 22.7 Å². The number of aromatic nitrogens is 5. The fourth-order valence-corrected chi connectivity index (χ4v) is 2.64. The Labute approximate surface area is 133 Å². The van der Waals surface area contributed by atoms with Crippen LogP contribution in [0.25, 0.3) is 22.2 Å². The van der Waals surface area contributed by atoms with E-state index < -0.39 is 5.54 Å². The molecule has 7 heteroatoms. The van der Waals surface area contributed by atoms with Crippen LogP contribution in [0.5, 0.6) is 0 Å². The van der Waals surface area contributed by atoms with Gasteiger partial charge in [0.2, 0.25) is 0 Å². The summed E-state index contributed by atoms with van der Waals surface area (Å²) in [6.45, 7) is 1.95. The van der Waals surface area contributed by atoms with Gasteiger partial charge in [-0.2, -0.15) is 20.7 Å². The minimum Gasteiger partial charge on any atom is -0.345 e. The van der Waals surface area contributed by atoms with Crippen molar-refractivity contribution in [2.24, 2.45) is 0 Å². The third-order valence-corrected chi connectivity index (χ3v) is 4.04. The van der Waals surface area contributed by atoms with Crippen molar-refractivity contribution >= 4 is 11.0 Å². The molecule has 114 valence electrons. The molecule has 0 aliphatic heterocycles. The minimum absolute atomic E-state index is 0.296. The summed E-state index contributed by atoms with van der Waals surface area (Å²) in [4.78, 5) is 3.04. The first-order chi connectivity index (χ1) is 11.2. The summed E-state index contributed by atoms with van der Waals surface area (Å²) in [5.41, 5.74) is 2.06. The van der Waals surface area contributed by atoms with E-state index in [0.717, 1.165) is 22.2 Å². The molecule has 23 heavy (non-hydrogen) atoms. The molecular weight excluding hydrogens is 290 g/mol. The van der Waals surface area contributed by atoms with Crippen LogP contribution in [0.2, 0.25) is 0 Å². The van der Waals surface area contributed by atoms with E-state index in [0.29, 0.717) is 19.3 Å². The first-order valence-corrected chi connectivity index (χ1v) is 7.26. The zero-order valence-corrected chi connectivity index (χ0v) is 12.7. The maximum absolute atomic E-state index is 9.10. The molecule has 0 amide bonds. The van der Waals surface area contributed by atoms with Gasteiger partial charge in [-0.05, 0) is 19.4 Å². The van der Waals surface area contributed by atoms with Gasteiger partial charge in [0.25, 0.3) is 0 Å². The van der Waals surface area contributed by atoms with Gasteiger partial charge >= 0.3 is 0 Å². The van der Waals surface area contributed by atoms with Gasteiger partial charge in [0.1, 0.15) is 0 Å². The molecule has 0 radical (unpaired) electrons. The van der Waals surface area contributed by atoms with Crippen LogP contribution in [0.1, 0.15) is 26.2 Å². The second-order valence-electron chi connectivity index (χ2n) is 5.66. The molecule has 3 rings (SSSR count). The van der Waals surface area contributed by atoms with E-state index in [9.17, 15) is 0 Å². The molecule has 0 saturated heterocycles.